The molecule has 188 valence electrons. The quantitative estimate of drug-likeness (QED) is 0.128. The van der Waals surface area contributed by atoms with Gasteiger partial charge in [0.05, 0.1) is 13.0 Å². The molecular weight excluding hydrogens is 438 g/mol. The van der Waals surface area contributed by atoms with Gasteiger partial charge in [-0.3, -0.25) is 18.9 Å². The molecule has 0 aromatic rings. The first-order valence-electron chi connectivity index (χ1n) is 11.8. The highest BCUT2D eigenvalue weighted by molar-refractivity contribution is 7.87. The summed E-state index contributed by atoms with van der Waals surface area (Å²) < 4.78 is 35.3. The van der Waals surface area contributed by atoms with E-state index in [2.05, 4.69) is 12.2 Å². The SMILES string of the molecule is CCCCCCCCCCCCCCCC(=O)NCCOC(=O)CC(C(=O)O)S(=O)(=O)O. The molecule has 0 aliphatic heterocycles. The smallest absolute Gasteiger partial charge is 0.325 e. The summed E-state index contributed by atoms with van der Waals surface area (Å²) in [5, 5.41) is 9.04. The Kier molecular flexibility index (Phi) is 17.9. The fourth-order valence-electron chi connectivity index (χ4n) is 3.28. The molecule has 0 aliphatic rings. The highest BCUT2D eigenvalue weighted by Gasteiger charge is 2.33. The second kappa shape index (κ2) is 18.8. The molecule has 0 rings (SSSR count). The van der Waals surface area contributed by atoms with Crippen molar-refractivity contribution in [1.29, 1.82) is 0 Å². The molecule has 0 aromatic carbocycles. The van der Waals surface area contributed by atoms with Gasteiger partial charge in [-0.1, -0.05) is 84.0 Å². The van der Waals surface area contributed by atoms with Crippen LogP contribution in [0.3, 0.4) is 0 Å². The molecule has 3 N–H and O–H groups in total. The third-order valence-electron chi connectivity index (χ3n) is 5.18. The predicted octanol–water partition coefficient (Wildman–Crippen LogP) is 3.86. The van der Waals surface area contributed by atoms with Gasteiger partial charge in [0.25, 0.3) is 10.1 Å². The van der Waals surface area contributed by atoms with E-state index >= 15 is 0 Å². The van der Waals surface area contributed by atoms with Crippen LogP contribution in [0.1, 0.15) is 103 Å². The van der Waals surface area contributed by atoms with Crippen LogP contribution in [0.25, 0.3) is 0 Å². The summed E-state index contributed by atoms with van der Waals surface area (Å²) in [7, 11) is -4.90. The Labute approximate surface area is 192 Å². The van der Waals surface area contributed by atoms with Crippen LogP contribution in [0, 0.1) is 0 Å². The van der Waals surface area contributed by atoms with E-state index in [9.17, 15) is 22.8 Å². The van der Waals surface area contributed by atoms with Crippen LogP contribution >= 0.6 is 0 Å². The lowest BCUT2D eigenvalue weighted by molar-refractivity contribution is -0.147. The van der Waals surface area contributed by atoms with Crippen molar-refractivity contribution in [2.75, 3.05) is 13.2 Å². The molecule has 0 spiro atoms. The van der Waals surface area contributed by atoms with Gasteiger partial charge in [0.2, 0.25) is 5.91 Å². The van der Waals surface area contributed by atoms with E-state index in [1.807, 2.05) is 0 Å². The first kappa shape index (κ1) is 30.3. The van der Waals surface area contributed by atoms with Crippen LogP contribution in [0.4, 0.5) is 0 Å². The lowest BCUT2D eigenvalue weighted by Gasteiger charge is -2.10. The molecule has 10 heteroatoms. The number of carboxylic acids is 1. The maximum absolute atomic E-state index is 11.7. The van der Waals surface area contributed by atoms with Gasteiger partial charge in [0, 0.05) is 6.42 Å². The Hall–Kier alpha value is -1.68. The Morgan fingerprint density at radius 3 is 1.75 bits per heavy atom. The Balaban J connectivity index is 3.57. The van der Waals surface area contributed by atoms with E-state index in [0.717, 1.165) is 19.3 Å². The van der Waals surface area contributed by atoms with Crippen molar-refractivity contribution in [3.05, 3.63) is 0 Å². The second-order valence-corrected chi connectivity index (χ2v) is 9.71. The standard InChI is InChI=1S/C22H41NO8S/c1-2-3-4-5-6-7-8-9-10-11-12-13-14-15-20(24)23-16-17-31-21(25)18-19(22(26)27)32(28,29)30/h19H,2-18H2,1H3,(H,23,24)(H,26,27)(H,28,29,30). The van der Waals surface area contributed by atoms with Crippen molar-refractivity contribution >= 4 is 28.0 Å². The number of carboxylic acid groups (broad SMARTS) is 1. The minimum Gasteiger partial charge on any atom is -0.480 e. The summed E-state index contributed by atoms with van der Waals surface area (Å²) in [6.07, 6.45) is 15.3. The summed E-state index contributed by atoms with van der Waals surface area (Å²) in [5.74, 6) is -3.08. The van der Waals surface area contributed by atoms with Crippen molar-refractivity contribution in [2.24, 2.45) is 0 Å². The van der Waals surface area contributed by atoms with E-state index in [1.54, 1.807) is 0 Å². The zero-order valence-corrected chi connectivity index (χ0v) is 20.2. The number of hydrogen-bond acceptors (Lipinski definition) is 6. The number of hydrogen-bond donors (Lipinski definition) is 3. The molecule has 9 nitrogen and oxygen atoms in total. The Morgan fingerprint density at radius 1 is 0.844 bits per heavy atom. The molecule has 1 amide bonds. The van der Waals surface area contributed by atoms with Gasteiger partial charge in [0.15, 0.2) is 5.25 Å². The Morgan fingerprint density at radius 2 is 1.31 bits per heavy atom. The second-order valence-electron chi connectivity index (χ2n) is 8.11. The van der Waals surface area contributed by atoms with Crippen LogP contribution in [-0.4, -0.2) is 54.3 Å². The summed E-state index contributed by atoms with van der Waals surface area (Å²) >= 11 is 0. The zero-order chi connectivity index (χ0) is 24.2. The van der Waals surface area contributed by atoms with Gasteiger partial charge in [-0.15, -0.1) is 0 Å². The van der Waals surface area contributed by atoms with Gasteiger partial charge < -0.3 is 15.2 Å². The minimum absolute atomic E-state index is 0.0482. The van der Waals surface area contributed by atoms with Crippen molar-refractivity contribution in [3.63, 3.8) is 0 Å². The summed E-state index contributed by atoms with van der Waals surface area (Å²) in [6.45, 7) is 2.07. The average Bonchev–Trinajstić information content (AvgIpc) is 2.71. The van der Waals surface area contributed by atoms with E-state index in [4.69, 9.17) is 14.4 Å². The average molecular weight is 480 g/mol. The molecule has 0 saturated heterocycles. The maximum Gasteiger partial charge on any atom is 0.325 e. The van der Waals surface area contributed by atoms with E-state index in [1.165, 1.54) is 64.2 Å². The van der Waals surface area contributed by atoms with E-state index < -0.39 is 33.7 Å². The number of carbonyl (C=O) groups is 3. The molecule has 0 radical (unpaired) electrons. The number of nitrogens with one attached hydrogen (secondary N) is 1. The number of carbonyl (C=O) groups excluding carboxylic acids is 2. The normalized spacial score (nSPS) is 12.3. The number of rotatable bonds is 21. The van der Waals surface area contributed by atoms with Gasteiger partial charge >= 0.3 is 11.9 Å². The van der Waals surface area contributed by atoms with Gasteiger partial charge in [0.1, 0.15) is 6.61 Å². The molecule has 1 unspecified atom stereocenters. The van der Waals surface area contributed by atoms with Crippen molar-refractivity contribution in [2.45, 2.75) is 108 Å². The molecule has 0 saturated carbocycles. The van der Waals surface area contributed by atoms with E-state index in [-0.39, 0.29) is 19.1 Å². The lowest BCUT2D eigenvalue weighted by atomic mass is 10.0. The molecule has 0 aromatic heterocycles. The molecule has 0 heterocycles. The third-order valence-corrected chi connectivity index (χ3v) is 6.27. The number of ether oxygens (including phenoxy) is 1. The Bertz CT molecular complexity index is 636. The largest absolute Gasteiger partial charge is 0.480 e. The lowest BCUT2D eigenvalue weighted by Crippen LogP contribution is -2.33. The molecule has 0 aliphatic carbocycles. The maximum atomic E-state index is 11.7. The monoisotopic (exact) mass is 479 g/mol. The third kappa shape index (κ3) is 17.9. The number of amides is 1. The molecule has 1 atom stereocenters. The van der Waals surface area contributed by atoms with Crippen LogP contribution in [0.15, 0.2) is 0 Å². The topological polar surface area (TPSA) is 147 Å². The molecule has 0 bridgehead atoms. The van der Waals surface area contributed by atoms with Gasteiger partial charge in [-0.05, 0) is 6.42 Å². The van der Waals surface area contributed by atoms with Crippen LogP contribution in [0.2, 0.25) is 0 Å². The van der Waals surface area contributed by atoms with Crippen LogP contribution in [-0.2, 0) is 29.2 Å². The molecule has 32 heavy (non-hydrogen) atoms. The first-order chi connectivity index (χ1) is 15.2. The van der Waals surface area contributed by atoms with Crippen molar-refractivity contribution < 1.29 is 37.2 Å². The van der Waals surface area contributed by atoms with Gasteiger partial charge in [-0.2, -0.15) is 8.42 Å². The zero-order valence-electron chi connectivity index (χ0n) is 19.4. The van der Waals surface area contributed by atoms with Crippen LogP contribution in [0.5, 0.6) is 0 Å². The number of esters is 1. The molecular formula is C22H41NO8S. The first-order valence-corrected chi connectivity index (χ1v) is 13.3. The fourth-order valence-corrected chi connectivity index (χ4v) is 3.88. The predicted molar refractivity (Wildman–Crippen MR) is 122 cm³/mol. The highest BCUT2D eigenvalue weighted by atomic mass is 32.2. The highest BCUT2D eigenvalue weighted by Crippen LogP contribution is 2.13. The van der Waals surface area contributed by atoms with Crippen LogP contribution < -0.4 is 5.32 Å². The van der Waals surface area contributed by atoms with E-state index in [0.29, 0.717) is 6.42 Å². The summed E-state index contributed by atoms with van der Waals surface area (Å²) in [4.78, 5) is 34.0. The minimum atomic E-state index is -4.90. The molecule has 0 fully saturated rings. The fraction of sp³-hybridized carbons (Fsp3) is 0.864. The number of aliphatic carboxylic acids is 1. The van der Waals surface area contributed by atoms with Crippen molar-refractivity contribution in [1.82, 2.24) is 5.32 Å². The summed E-state index contributed by atoms with van der Waals surface area (Å²) in [6, 6.07) is 0. The van der Waals surface area contributed by atoms with Crippen molar-refractivity contribution in [3.8, 4) is 0 Å². The summed E-state index contributed by atoms with van der Waals surface area (Å²) in [5.41, 5.74) is 0. The number of unbranched alkanes of at least 4 members (excludes halogenated alkanes) is 12. The van der Waals surface area contributed by atoms with Gasteiger partial charge in [-0.25, -0.2) is 0 Å².